The number of aryl methyl sites for hydroxylation is 1. The molecule has 2 atom stereocenters. The largest absolute Gasteiger partial charge is 0.390 e. The lowest BCUT2D eigenvalue weighted by atomic mass is 10.1. The van der Waals surface area contributed by atoms with Crippen LogP contribution in [0.25, 0.3) is 10.9 Å². The summed E-state index contributed by atoms with van der Waals surface area (Å²) in [7, 11) is 0. The number of aromatic amines is 1. The highest BCUT2D eigenvalue weighted by atomic mass is 16.3. The minimum atomic E-state index is -0.625. The summed E-state index contributed by atoms with van der Waals surface area (Å²) < 4.78 is 0. The van der Waals surface area contributed by atoms with Gasteiger partial charge in [0.2, 0.25) is 0 Å². The molecule has 102 valence electrons. The molecule has 0 bridgehead atoms. The van der Waals surface area contributed by atoms with Crippen LogP contribution in [-0.4, -0.2) is 45.4 Å². The summed E-state index contributed by atoms with van der Waals surface area (Å²) in [6.07, 6.45) is -0.554. The number of aromatic nitrogens is 1. The Labute approximate surface area is 112 Å². The lowest BCUT2D eigenvalue weighted by molar-refractivity contribution is -0.0406. The van der Waals surface area contributed by atoms with Crippen molar-refractivity contribution >= 4 is 10.9 Å². The van der Waals surface area contributed by atoms with Crippen molar-refractivity contribution in [1.29, 1.82) is 0 Å². The van der Waals surface area contributed by atoms with E-state index in [0.717, 1.165) is 24.3 Å². The van der Waals surface area contributed by atoms with E-state index in [1.165, 1.54) is 10.9 Å². The zero-order chi connectivity index (χ0) is 13.4. The van der Waals surface area contributed by atoms with Crippen molar-refractivity contribution in [2.24, 2.45) is 0 Å². The second kappa shape index (κ2) is 4.96. The van der Waals surface area contributed by atoms with E-state index in [-0.39, 0.29) is 0 Å². The standard InChI is InChI=1S/C15H20N2O2/c1-10-3-2-4-13-12(10)7-11(16-13)8-17-6-5-14(18)15(19)9-17/h2-4,7,14-16,18-19H,5-6,8-9H2,1H3/t14-,15+/m1/s1. The van der Waals surface area contributed by atoms with E-state index in [4.69, 9.17) is 0 Å². The number of nitrogens with one attached hydrogen (secondary N) is 1. The van der Waals surface area contributed by atoms with Gasteiger partial charge < -0.3 is 15.2 Å². The van der Waals surface area contributed by atoms with E-state index in [9.17, 15) is 10.2 Å². The fourth-order valence-corrected chi connectivity index (χ4v) is 2.82. The van der Waals surface area contributed by atoms with Crippen LogP contribution in [0.1, 0.15) is 17.7 Å². The van der Waals surface area contributed by atoms with Gasteiger partial charge in [-0.2, -0.15) is 0 Å². The van der Waals surface area contributed by atoms with E-state index < -0.39 is 12.2 Å². The Morgan fingerprint density at radius 3 is 2.89 bits per heavy atom. The van der Waals surface area contributed by atoms with Crippen LogP contribution in [0.4, 0.5) is 0 Å². The Morgan fingerprint density at radius 2 is 2.16 bits per heavy atom. The monoisotopic (exact) mass is 260 g/mol. The first kappa shape index (κ1) is 12.7. The number of aliphatic hydroxyl groups excluding tert-OH is 2. The summed E-state index contributed by atoms with van der Waals surface area (Å²) >= 11 is 0. The van der Waals surface area contributed by atoms with E-state index in [1.54, 1.807) is 0 Å². The molecule has 1 aliphatic rings. The average Bonchev–Trinajstić information content (AvgIpc) is 2.78. The number of hydrogen-bond donors (Lipinski definition) is 3. The van der Waals surface area contributed by atoms with E-state index >= 15 is 0 Å². The van der Waals surface area contributed by atoms with Crippen LogP contribution < -0.4 is 0 Å². The lowest BCUT2D eigenvalue weighted by Crippen LogP contribution is -2.46. The number of nitrogens with zero attached hydrogens (tertiary/aromatic N) is 1. The number of benzene rings is 1. The number of aliphatic hydroxyl groups is 2. The fraction of sp³-hybridized carbons (Fsp3) is 0.467. The summed E-state index contributed by atoms with van der Waals surface area (Å²) in [5, 5.41) is 20.5. The van der Waals surface area contributed by atoms with E-state index in [1.807, 2.05) is 0 Å². The molecular weight excluding hydrogens is 240 g/mol. The Balaban J connectivity index is 1.77. The molecule has 0 amide bonds. The van der Waals surface area contributed by atoms with Gasteiger partial charge in [-0.15, -0.1) is 0 Å². The Hall–Kier alpha value is -1.36. The number of piperidine rings is 1. The van der Waals surface area contributed by atoms with Gasteiger partial charge in [0, 0.05) is 36.2 Å². The Bertz CT molecular complexity index is 579. The predicted molar refractivity (Wildman–Crippen MR) is 74.9 cm³/mol. The Morgan fingerprint density at radius 1 is 1.32 bits per heavy atom. The van der Waals surface area contributed by atoms with Crippen molar-refractivity contribution in [3.05, 3.63) is 35.5 Å². The summed E-state index contributed by atoms with van der Waals surface area (Å²) in [4.78, 5) is 5.60. The predicted octanol–water partition coefficient (Wildman–Crippen LogP) is 1.40. The van der Waals surface area contributed by atoms with Crippen molar-refractivity contribution in [3.8, 4) is 0 Å². The van der Waals surface area contributed by atoms with Gasteiger partial charge in [0.05, 0.1) is 12.2 Å². The van der Waals surface area contributed by atoms with Gasteiger partial charge in [0.15, 0.2) is 0 Å². The quantitative estimate of drug-likeness (QED) is 0.765. The molecule has 1 fully saturated rings. The maximum Gasteiger partial charge on any atom is 0.0926 e. The molecule has 4 nitrogen and oxygen atoms in total. The molecule has 2 aromatic rings. The molecule has 19 heavy (non-hydrogen) atoms. The molecule has 1 aromatic carbocycles. The molecule has 1 aromatic heterocycles. The van der Waals surface area contributed by atoms with Crippen molar-refractivity contribution in [2.45, 2.75) is 32.1 Å². The Kier molecular flexibility index (Phi) is 3.31. The number of β-amino-alcohol motifs (C(OH)–C–C–N with tert-alkyl or cyclic N) is 1. The molecular formula is C15H20N2O2. The highest BCUT2D eigenvalue weighted by Gasteiger charge is 2.25. The van der Waals surface area contributed by atoms with Crippen LogP contribution in [0.3, 0.4) is 0 Å². The summed E-state index contributed by atoms with van der Waals surface area (Å²) in [5.41, 5.74) is 3.59. The highest BCUT2D eigenvalue weighted by Crippen LogP contribution is 2.21. The molecule has 0 spiro atoms. The van der Waals surface area contributed by atoms with Gasteiger partial charge >= 0.3 is 0 Å². The van der Waals surface area contributed by atoms with E-state index in [0.29, 0.717) is 13.0 Å². The molecule has 3 N–H and O–H groups in total. The first-order valence-corrected chi connectivity index (χ1v) is 6.79. The third kappa shape index (κ3) is 2.52. The van der Waals surface area contributed by atoms with E-state index in [2.05, 4.69) is 41.1 Å². The van der Waals surface area contributed by atoms with Gasteiger partial charge in [0.1, 0.15) is 0 Å². The second-order valence-electron chi connectivity index (χ2n) is 5.49. The molecule has 1 saturated heterocycles. The summed E-state index contributed by atoms with van der Waals surface area (Å²) in [5.74, 6) is 0. The number of H-pyrrole nitrogens is 1. The topological polar surface area (TPSA) is 59.5 Å². The third-order valence-electron chi connectivity index (χ3n) is 3.96. The minimum Gasteiger partial charge on any atom is -0.390 e. The van der Waals surface area contributed by atoms with Crippen molar-refractivity contribution in [3.63, 3.8) is 0 Å². The van der Waals surface area contributed by atoms with Crippen LogP contribution in [0, 0.1) is 6.92 Å². The molecule has 1 aliphatic heterocycles. The number of rotatable bonds is 2. The van der Waals surface area contributed by atoms with Crippen molar-refractivity contribution < 1.29 is 10.2 Å². The highest BCUT2D eigenvalue weighted by molar-refractivity contribution is 5.83. The number of fused-ring (bicyclic) bond motifs is 1. The van der Waals surface area contributed by atoms with Gasteiger partial charge in [-0.25, -0.2) is 0 Å². The van der Waals surface area contributed by atoms with Crippen LogP contribution in [0.15, 0.2) is 24.3 Å². The summed E-state index contributed by atoms with van der Waals surface area (Å²) in [6, 6.07) is 8.43. The smallest absolute Gasteiger partial charge is 0.0926 e. The zero-order valence-corrected chi connectivity index (χ0v) is 11.1. The maximum atomic E-state index is 9.71. The first-order valence-electron chi connectivity index (χ1n) is 6.79. The average molecular weight is 260 g/mol. The second-order valence-corrected chi connectivity index (χ2v) is 5.49. The third-order valence-corrected chi connectivity index (χ3v) is 3.96. The van der Waals surface area contributed by atoms with Crippen LogP contribution >= 0.6 is 0 Å². The summed E-state index contributed by atoms with van der Waals surface area (Å²) in [6.45, 7) is 4.26. The number of hydrogen-bond acceptors (Lipinski definition) is 3. The minimum absolute atomic E-state index is 0.537. The molecule has 0 unspecified atom stereocenters. The van der Waals surface area contributed by atoms with Crippen LogP contribution in [0.2, 0.25) is 0 Å². The molecule has 0 aliphatic carbocycles. The van der Waals surface area contributed by atoms with Crippen molar-refractivity contribution in [2.75, 3.05) is 13.1 Å². The fourth-order valence-electron chi connectivity index (χ4n) is 2.82. The lowest BCUT2D eigenvalue weighted by Gasteiger charge is -2.33. The molecule has 0 radical (unpaired) electrons. The SMILES string of the molecule is Cc1cccc2[nH]c(CN3CC[C@@H](O)[C@@H](O)C3)cc12. The van der Waals surface area contributed by atoms with Crippen molar-refractivity contribution in [1.82, 2.24) is 9.88 Å². The molecule has 0 saturated carbocycles. The van der Waals surface area contributed by atoms with Gasteiger partial charge in [-0.3, -0.25) is 4.90 Å². The molecule has 2 heterocycles. The maximum absolute atomic E-state index is 9.71. The molecule has 4 heteroatoms. The van der Waals surface area contributed by atoms with Gasteiger partial charge in [0.25, 0.3) is 0 Å². The van der Waals surface area contributed by atoms with Crippen LogP contribution in [0.5, 0.6) is 0 Å². The molecule has 3 rings (SSSR count). The number of likely N-dealkylation sites (tertiary alicyclic amines) is 1. The zero-order valence-electron chi connectivity index (χ0n) is 11.1. The van der Waals surface area contributed by atoms with Gasteiger partial charge in [-0.1, -0.05) is 12.1 Å². The van der Waals surface area contributed by atoms with Crippen LogP contribution in [-0.2, 0) is 6.54 Å². The normalized spacial score (nSPS) is 25.0. The first-order chi connectivity index (χ1) is 9.13. The van der Waals surface area contributed by atoms with Gasteiger partial charge in [-0.05, 0) is 31.0 Å².